The monoisotopic (exact) mass is 948 g/mol. The first-order chi connectivity index (χ1) is 30.6. The Bertz CT molecular complexity index is 2470. The third-order valence-electron chi connectivity index (χ3n) is 10.9. The zero-order valence-electron chi connectivity index (χ0n) is 37.6. The van der Waals surface area contributed by atoms with E-state index in [1.807, 2.05) is 148 Å². The lowest BCUT2D eigenvalue weighted by Gasteiger charge is -2.39. The molecule has 0 bridgehead atoms. The van der Waals surface area contributed by atoms with Gasteiger partial charge in [-0.15, -0.1) is 0 Å². The van der Waals surface area contributed by atoms with E-state index >= 15 is 0 Å². The van der Waals surface area contributed by atoms with E-state index < -0.39 is 20.4 Å². The minimum atomic E-state index is -4.06. The van der Waals surface area contributed by atoms with Gasteiger partial charge in [-0.3, -0.25) is 14.4 Å². The highest BCUT2D eigenvalue weighted by molar-refractivity contribution is 8.33. The minimum Gasteiger partial charge on any atom is -0.295 e. The topological polar surface area (TPSA) is 94.6 Å². The molecule has 0 N–H and O–H groups in total. The van der Waals surface area contributed by atoms with Crippen LogP contribution in [-0.4, -0.2) is 31.5 Å². The maximum Gasteiger partial charge on any atom is 0.277 e. The predicted molar refractivity (Wildman–Crippen MR) is 266 cm³/mol. The summed E-state index contributed by atoms with van der Waals surface area (Å²) in [5, 5.41) is 0. The van der Waals surface area contributed by atoms with Crippen molar-refractivity contribution in [2.45, 2.75) is 131 Å². The van der Waals surface area contributed by atoms with Gasteiger partial charge in [-0.2, -0.15) is 8.42 Å². The van der Waals surface area contributed by atoms with Crippen molar-refractivity contribution in [3.05, 3.63) is 161 Å². The molecule has 0 spiro atoms. The van der Waals surface area contributed by atoms with E-state index in [0.717, 1.165) is 92.9 Å². The van der Waals surface area contributed by atoms with Crippen molar-refractivity contribution in [2.24, 2.45) is 0 Å². The van der Waals surface area contributed by atoms with Gasteiger partial charge < -0.3 is 0 Å². The molecule has 0 amide bonds. The van der Waals surface area contributed by atoms with Crippen molar-refractivity contribution in [3.8, 4) is 0 Å². The van der Waals surface area contributed by atoms with E-state index in [1.54, 1.807) is 56.1 Å². The van der Waals surface area contributed by atoms with E-state index in [0.29, 0.717) is 23.1 Å². The summed E-state index contributed by atoms with van der Waals surface area (Å²) in [6, 6.07) is 41.4. The summed E-state index contributed by atoms with van der Waals surface area (Å²) in [4.78, 5) is 44.4. The van der Waals surface area contributed by atoms with E-state index in [1.165, 1.54) is 0 Å². The summed E-state index contributed by atoms with van der Waals surface area (Å²) >= 11 is 4.72. The summed E-state index contributed by atoms with van der Waals surface area (Å²) in [7, 11) is -6.97. The fourth-order valence-corrected chi connectivity index (χ4v) is 15.7. The van der Waals surface area contributed by atoms with Crippen molar-refractivity contribution in [3.63, 3.8) is 0 Å². The third kappa shape index (κ3) is 12.5. The lowest BCUT2D eigenvalue weighted by Crippen LogP contribution is -2.17. The zero-order chi connectivity index (χ0) is 46.0. The number of Topliss-reactive ketones (excluding diaryl/α,β-unsaturated/α-hetero) is 3. The third-order valence-corrected chi connectivity index (χ3v) is 19.1. The average Bonchev–Trinajstić information content (AvgIpc) is 3.25. The van der Waals surface area contributed by atoms with Crippen LogP contribution < -0.4 is 0 Å². The molecule has 0 saturated heterocycles. The second-order valence-corrected chi connectivity index (χ2v) is 24.0. The first-order valence-corrected chi connectivity index (χ1v) is 27.1. The molecule has 334 valence electrons. The Morgan fingerprint density at radius 1 is 0.438 bits per heavy atom. The lowest BCUT2D eigenvalue weighted by molar-refractivity contribution is 0.100. The first kappa shape index (κ1) is 49.1. The van der Waals surface area contributed by atoms with Gasteiger partial charge in [-0.1, -0.05) is 92.5 Å². The van der Waals surface area contributed by atoms with Crippen LogP contribution >= 0.6 is 45.6 Å². The maximum absolute atomic E-state index is 14.4. The summed E-state index contributed by atoms with van der Waals surface area (Å²) in [6.07, 6.45) is 5.61. The number of rotatable bonds is 21. The highest BCUT2D eigenvalue weighted by atomic mass is 32.3. The molecule has 0 aliphatic carbocycles. The van der Waals surface area contributed by atoms with Crippen molar-refractivity contribution in [2.75, 3.05) is 5.75 Å². The van der Waals surface area contributed by atoms with Crippen LogP contribution in [0.25, 0.3) is 0 Å². The van der Waals surface area contributed by atoms with Crippen LogP contribution in [0.2, 0.25) is 0 Å². The molecule has 0 aliphatic heterocycles. The standard InChI is InChI=1S/C53H56O6S5/c1-8-9-10-11-12-13-32-63(57,58)59-64(48-23-14-42(15-24-48)60-45-20-29-51(39(5)54)36(2)33-45,49-25-16-43(17-26-49)61-46-21-30-52(40(6)55)37(3)34-46)50-27-18-44(19-28-50)62-47-22-31-53(41(7)56)38(4)35-47/h14-31,33-35H,8-13,32H2,1-7H3. The van der Waals surface area contributed by atoms with Crippen LogP contribution in [0.15, 0.2) is 171 Å². The van der Waals surface area contributed by atoms with Crippen molar-refractivity contribution < 1.29 is 26.4 Å². The average molecular weight is 949 g/mol. The molecule has 0 aliphatic rings. The molecule has 0 fully saturated rings. The van der Waals surface area contributed by atoms with Crippen LogP contribution in [0.3, 0.4) is 0 Å². The zero-order valence-corrected chi connectivity index (χ0v) is 41.6. The summed E-state index contributed by atoms with van der Waals surface area (Å²) in [5.74, 6) is -0.0115. The van der Waals surface area contributed by atoms with E-state index in [4.69, 9.17) is 3.63 Å². The molecule has 6 nitrogen and oxygen atoms in total. The van der Waals surface area contributed by atoms with Crippen molar-refractivity contribution in [1.29, 1.82) is 0 Å². The summed E-state index contributed by atoms with van der Waals surface area (Å²) < 4.78 is 35.6. The molecule has 0 heterocycles. The van der Waals surface area contributed by atoms with E-state index in [2.05, 4.69) is 6.92 Å². The molecule has 6 aromatic rings. The van der Waals surface area contributed by atoms with Crippen LogP contribution in [0.1, 0.15) is 114 Å². The number of carbonyl (C=O) groups is 3. The highest BCUT2D eigenvalue weighted by Gasteiger charge is 2.38. The Morgan fingerprint density at radius 2 is 0.734 bits per heavy atom. The molecule has 0 atom stereocenters. The van der Waals surface area contributed by atoms with Crippen molar-refractivity contribution >= 4 is 73.1 Å². The Hall–Kier alpha value is -4.36. The van der Waals surface area contributed by atoms with Gasteiger partial charge in [0.15, 0.2) is 17.3 Å². The predicted octanol–water partition coefficient (Wildman–Crippen LogP) is 15.6. The van der Waals surface area contributed by atoms with Gasteiger partial charge in [0.1, 0.15) is 0 Å². The normalized spacial score (nSPS) is 12.0. The number of benzene rings is 6. The minimum absolute atomic E-state index is 0.0271. The van der Waals surface area contributed by atoms with Crippen LogP contribution in [0.4, 0.5) is 0 Å². The summed E-state index contributed by atoms with van der Waals surface area (Å²) in [6.45, 7) is 12.7. The van der Waals surface area contributed by atoms with Crippen LogP contribution in [-0.2, 0) is 13.7 Å². The molecule has 0 saturated carbocycles. The molecule has 0 aromatic heterocycles. The van der Waals surface area contributed by atoms with Gasteiger partial charge in [-0.25, -0.2) is 3.63 Å². The van der Waals surface area contributed by atoms with Gasteiger partial charge in [0.2, 0.25) is 0 Å². The van der Waals surface area contributed by atoms with Gasteiger partial charge >= 0.3 is 0 Å². The number of hydrogen-bond donors (Lipinski definition) is 0. The number of ketones is 3. The Labute approximate surface area is 394 Å². The van der Waals surface area contributed by atoms with Gasteiger partial charge in [0, 0.05) is 60.7 Å². The van der Waals surface area contributed by atoms with Crippen LogP contribution in [0, 0.1) is 20.8 Å². The number of carbonyl (C=O) groups excluding carboxylic acids is 3. The van der Waals surface area contributed by atoms with E-state index in [-0.39, 0.29) is 23.1 Å². The molecular weight excluding hydrogens is 893 g/mol. The molecule has 6 rings (SSSR count). The molecule has 6 aromatic carbocycles. The fraction of sp³-hybridized carbons (Fsp3) is 0.264. The molecular formula is C53H56O6S5. The van der Waals surface area contributed by atoms with Gasteiger partial charge in [0.05, 0.1) is 5.75 Å². The highest BCUT2D eigenvalue weighted by Crippen LogP contribution is 2.70. The fourth-order valence-electron chi connectivity index (χ4n) is 7.57. The SMILES string of the molecule is CCCCCCCCS(=O)(=O)OS(c1ccc(Sc2ccc(C(C)=O)c(C)c2)cc1)(c1ccc(Sc2ccc(C(C)=O)c(C)c2)cc1)c1ccc(Sc2ccc(C(C)=O)c(C)c2)cc1. The summed E-state index contributed by atoms with van der Waals surface area (Å²) in [5.41, 5.74) is 4.83. The van der Waals surface area contributed by atoms with Crippen LogP contribution in [0.5, 0.6) is 0 Å². The van der Waals surface area contributed by atoms with Gasteiger partial charge in [-0.05, 0) is 184 Å². The Kier molecular flexibility index (Phi) is 17.0. The Balaban J connectivity index is 1.43. The smallest absolute Gasteiger partial charge is 0.277 e. The second kappa shape index (κ2) is 22.2. The number of aryl methyl sites for hydroxylation is 3. The number of unbranched alkanes of at least 4 members (excludes halogenated alkanes) is 5. The molecule has 0 unspecified atom stereocenters. The molecule has 11 heteroatoms. The maximum atomic E-state index is 14.4. The van der Waals surface area contributed by atoms with Gasteiger partial charge in [0.25, 0.3) is 10.1 Å². The molecule has 64 heavy (non-hydrogen) atoms. The second-order valence-electron chi connectivity index (χ2n) is 16.0. The van der Waals surface area contributed by atoms with Crippen molar-refractivity contribution in [1.82, 2.24) is 0 Å². The lowest BCUT2D eigenvalue weighted by atomic mass is 10.1. The first-order valence-electron chi connectivity index (χ1n) is 21.5. The van der Waals surface area contributed by atoms with E-state index in [9.17, 15) is 22.8 Å². The quantitative estimate of drug-likeness (QED) is 0.0516. The number of hydrogen-bond acceptors (Lipinski definition) is 9. The largest absolute Gasteiger partial charge is 0.295 e. The Morgan fingerprint density at radius 3 is 1.03 bits per heavy atom. The molecule has 0 radical (unpaired) electrons.